The second kappa shape index (κ2) is 4.52. The minimum Gasteiger partial charge on any atom is -0.341 e. The van der Waals surface area contributed by atoms with E-state index < -0.39 is 5.54 Å². The molecule has 88 valence electrons. The normalized spacial score (nSPS) is 27.9. The van der Waals surface area contributed by atoms with Crippen LogP contribution >= 0.6 is 0 Å². The molecular weight excluding hydrogens is 188 g/mol. The lowest BCUT2D eigenvalue weighted by Gasteiger charge is -2.39. The molecule has 1 amide bonds. The van der Waals surface area contributed by atoms with Crippen LogP contribution in [-0.2, 0) is 4.79 Å². The van der Waals surface area contributed by atoms with E-state index in [9.17, 15) is 4.79 Å². The number of hydrogen-bond acceptors (Lipinski definition) is 2. The van der Waals surface area contributed by atoms with E-state index in [1.807, 2.05) is 25.8 Å². The Morgan fingerprint density at radius 3 is 2.13 bits per heavy atom. The predicted octanol–water partition coefficient (Wildman–Crippen LogP) is 1.49. The second-order valence-electron chi connectivity index (χ2n) is 5.53. The number of likely N-dealkylation sites (N-methyl/N-ethyl adjacent to an activating group) is 1. The number of piperidine rings is 1. The van der Waals surface area contributed by atoms with Crippen LogP contribution in [0, 0.1) is 11.8 Å². The smallest absolute Gasteiger partial charge is 0.242 e. The number of hydrogen-bond donors (Lipinski definition) is 1. The van der Waals surface area contributed by atoms with Crippen molar-refractivity contribution in [1.82, 2.24) is 10.2 Å². The van der Waals surface area contributed by atoms with Crippen molar-refractivity contribution in [1.29, 1.82) is 0 Å². The minimum atomic E-state index is -0.434. The highest BCUT2D eigenvalue weighted by Gasteiger charge is 2.33. The molecule has 1 fully saturated rings. The topological polar surface area (TPSA) is 32.3 Å². The molecule has 0 aromatic heterocycles. The standard InChI is InChI=1S/C12H24N2O/c1-9-6-10(2)8-14(7-9)11(15)12(3,4)13-5/h9-10,13H,6-8H2,1-5H3. The van der Waals surface area contributed by atoms with Gasteiger partial charge in [-0.3, -0.25) is 4.79 Å². The highest BCUT2D eigenvalue weighted by Crippen LogP contribution is 2.22. The maximum Gasteiger partial charge on any atom is 0.242 e. The molecule has 0 bridgehead atoms. The van der Waals surface area contributed by atoms with Crippen LogP contribution in [0.15, 0.2) is 0 Å². The lowest BCUT2D eigenvalue weighted by atomic mass is 9.90. The largest absolute Gasteiger partial charge is 0.341 e. The number of nitrogens with one attached hydrogen (secondary N) is 1. The van der Waals surface area contributed by atoms with Gasteiger partial charge in [0.15, 0.2) is 0 Å². The molecule has 2 unspecified atom stereocenters. The molecule has 1 saturated heterocycles. The molecule has 0 aromatic rings. The first-order valence-corrected chi connectivity index (χ1v) is 5.85. The zero-order chi connectivity index (χ0) is 11.6. The highest BCUT2D eigenvalue weighted by atomic mass is 16.2. The van der Waals surface area contributed by atoms with Crippen molar-refractivity contribution < 1.29 is 4.79 Å². The summed E-state index contributed by atoms with van der Waals surface area (Å²) in [7, 11) is 1.84. The van der Waals surface area contributed by atoms with Crippen LogP contribution in [0.5, 0.6) is 0 Å². The van der Waals surface area contributed by atoms with Gasteiger partial charge in [0.25, 0.3) is 0 Å². The number of nitrogens with zero attached hydrogens (tertiary/aromatic N) is 1. The Bertz CT molecular complexity index is 228. The van der Waals surface area contributed by atoms with Gasteiger partial charge in [0, 0.05) is 13.1 Å². The van der Waals surface area contributed by atoms with Crippen molar-refractivity contribution in [3.63, 3.8) is 0 Å². The third-order valence-corrected chi connectivity index (χ3v) is 3.32. The first-order chi connectivity index (χ1) is 6.86. The number of likely N-dealkylation sites (tertiary alicyclic amines) is 1. The first kappa shape index (κ1) is 12.5. The Balaban J connectivity index is 2.67. The monoisotopic (exact) mass is 212 g/mol. The minimum absolute atomic E-state index is 0.225. The second-order valence-corrected chi connectivity index (χ2v) is 5.53. The Labute approximate surface area is 93.2 Å². The van der Waals surface area contributed by atoms with Crippen LogP contribution in [0.4, 0.5) is 0 Å². The summed E-state index contributed by atoms with van der Waals surface area (Å²) in [5.41, 5.74) is -0.434. The van der Waals surface area contributed by atoms with E-state index in [2.05, 4.69) is 19.2 Å². The Morgan fingerprint density at radius 1 is 1.27 bits per heavy atom. The van der Waals surface area contributed by atoms with Crippen LogP contribution in [0.3, 0.4) is 0 Å². The van der Waals surface area contributed by atoms with Gasteiger partial charge in [0.1, 0.15) is 0 Å². The Hall–Kier alpha value is -0.570. The summed E-state index contributed by atoms with van der Waals surface area (Å²) in [6, 6.07) is 0. The molecule has 1 N–H and O–H groups in total. The number of carbonyl (C=O) groups is 1. The van der Waals surface area contributed by atoms with Gasteiger partial charge in [-0.15, -0.1) is 0 Å². The molecule has 3 nitrogen and oxygen atoms in total. The lowest BCUT2D eigenvalue weighted by Crippen LogP contribution is -2.55. The van der Waals surface area contributed by atoms with E-state index in [0.717, 1.165) is 13.1 Å². The molecule has 1 rings (SSSR count). The van der Waals surface area contributed by atoms with Crippen LogP contribution < -0.4 is 5.32 Å². The number of carbonyl (C=O) groups excluding carboxylic acids is 1. The SMILES string of the molecule is CNC(C)(C)C(=O)N1CC(C)CC(C)C1. The fraction of sp³-hybridized carbons (Fsp3) is 0.917. The van der Waals surface area contributed by atoms with Crippen LogP contribution in [-0.4, -0.2) is 36.5 Å². The molecule has 0 radical (unpaired) electrons. The third-order valence-electron chi connectivity index (χ3n) is 3.32. The number of rotatable bonds is 2. The molecule has 0 aliphatic carbocycles. The summed E-state index contributed by atoms with van der Waals surface area (Å²) in [6.45, 7) is 10.2. The molecule has 1 aliphatic heterocycles. The summed E-state index contributed by atoms with van der Waals surface area (Å²) >= 11 is 0. The summed E-state index contributed by atoms with van der Waals surface area (Å²) < 4.78 is 0. The average molecular weight is 212 g/mol. The highest BCUT2D eigenvalue weighted by molar-refractivity contribution is 5.85. The van der Waals surface area contributed by atoms with Crippen molar-refractivity contribution in [2.24, 2.45) is 11.8 Å². The van der Waals surface area contributed by atoms with Gasteiger partial charge in [-0.05, 0) is 39.2 Å². The van der Waals surface area contributed by atoms with Crippen molar-refractivity contribution in [2.45, 2.75) is 39.7 Å². The third kappa shape index (κ3) is 2.94. The van der Waals surface area contributed by atoms with E-state index in [4.69, 9.17) is 0 Å². The molecular formula is C12H24N2O. The van der Waals surface area contributed by atoms with Gasteiger partial charge in [0.05, 0.1) is 5.54 Å². The summed E-state index contributed by atoms with van der Waals surface area (Å²) in [5, 5.41) is 3.08. The van der Waals surface area contributed by atoms with Gasteiger partial charge in [-0.2, -0.15) is 0 Å². The lowest BCUT2D eigenvalue weighted by molar-refractivity contribution is -0.139. The van der Waals surface area contributed by atoms with E-state index in [1.165, 1.54) is 6.42 Å². The van der Waals surface area contributed by atoms with Gasteiger partial charge in [-0.1, -0.05) is 13.8 Å². The predicted molar refractivity (Wildman–Crippen MR) is 62.7 cm³/mol. The fourth-order valence-electron chi connectivity index (χ4n) is 2.33. The van der Waals surface area contributed by atoms with E-state index in [-0.39, 0.29) is 5.91 Å². The molecule has 0 saturated carbocycles. The van der Waals surface area contributed by atoms with Gasteiger partial charge < -0.3 is 10.2 Å². The number of amides is 1. The molecule has 0 aromatic carbocycles. The summed E-state index contributed by atoms with van der Waals surface area (Å²) in [6.07, 6.45) is 1.24. The zero-order valence-electron chi connectivity index (χ0n) is 10.6. The first-order valence-electron chi connectivity index (χ1n) is 5.85. The van der Waals surface area contributed by atoms with E-state index >= 15 is 0 Å². The zero-order valence-corrected chi connectivity index (χ0v) is 10.6. The van der Waals surface area contributed by atoms with Crippen LogP contribution in [0.1, 0.15) is 34.1 Å². The van der Waals surface area contributed by atoms with Crippen LogP contribution in [0.25, 0.3) is 0 Å². The Morgan fingerprint density at radius 2 is 1.73 bits per heavy atom. The van der Waals surface area contributed by atoms with Crippen molar-refractivity contribution in [3.05, 3.63) is 0 Å². The maximum absolute atomic E-state index is 12.2. The fourth-order valence-corrected chi connectivity index (χ4v) is 2.33. The average Bonchev–Trinajstić information content (AvgIpc) is 2.15. The van der Waals surface area contributed by atoms with Crippen molar-refractivity contribution in [2.75, 3.05) is 20.1 Å². The van der Waals surface area contributed by atoms with Gasteiger partial charge in [0.2, 0.25) is 5.91 Å². The molecule has 15 heavy (non-hydrogen) atoms. The molecule has 1 aliphatic rings. The van der Waals surface area contributed by atoms with Crippen LogP contribution in [0.2, 0.25) is 0 Å². The summed E-state index contributed by atoms with van der Waals surface area (Å²) in [4.78, 5) is 14.2. The molecule has 1 heterocycles. The Kier molecular flexibility index (Phi) is 3.77. The molecule has 3 heteroatoms. The van der Waals surface area contributed by atoms with E-state index in [1.54, 1.807) is 0 Å². The molecule has 0 spiro atoms. The quantitative estimate of drug-likeness (QED) is 0.752. The van der Waals surface area contributed by atoms with Gasteiger partial charge in [-0.25, -0.2) is 0 Å². The van der Waals surface area contributed by atoms with E-state index in [0.29, 0.717) is 11.8 Å². The van der Waals surface area contributed by atoms with Crippen molar-refractivity contribution in [3.8, 4) is 0 Å². The molecule has 2 atom stereocenters. The maximum atomic E-state index is 12.2. The summed E-state index contributed by atoms with van der Waals surface area (Å²) in [5.74, 6) is 1.49. The van der Waals surface area contributed by atoms with Gasteiger partial charge >= 0.3 is 0 Å². The van der Waals surface area contributed by atoms with Crippen molar-refractivity contribution >= 4 is 5.91 Å².